The van der Waals surface area contributed by atoms with E-state index in [9.17, 15) is 20.1 Å². The minimum absolute atomic E-state index is 0.0105. The van der Waals surface area contributed by atoms with Gasteiger partial charge in [0.1, 0.15) is 6.10 Å². The molecule has 5 aliphatic rings. The Morgan fingerprint density at radius 1 is 1.00 bits per heavy atom. The molecule has 5 rings (SSSR count). The molecule has 1 heterocycles. The SMILES string of the molecule is CCC(=O)[C@@H]1C[C@@H](C)[C@]2(CC[C@@]3(C)C4=C(CC[C@@]32C)[C@@]2(C)CC[C@H](O)C(CO)(CO)[C@H]2CC4)O1. The summed E-state index contributed by atoms with van der Waals surface area (Å²) in [7, 11) is 0. The number of aliphatic hydroxyl groups excluding tert-OH is 3. The number of allylic oxidation sites excluding steroid dienone is 2. The molecule has 0 aromatic carbocycles. The van der Waals surface area contributed by atoms with Gasteiger partial charge in [0.25, 0.3) is 0 Å². The summed E-state index contributed by atoms with van der Waals surface area (Å²) in [5.41, 5.74) is 2.01. The van der Waals surface area contributed by atoms with E-state index in [0.717, 1.165) is 51.4 Å². The van der Waals surface area contributed by atoms with E-state index < -0.39 is 11.5 Å². The van der Waals surface area contributed by atoms with Gasteiger partial charge >= 0.3 is 0 Å². The van der Waals surface area contributed by atoms with Gasteiger partial charge in [-0.25, -0.2) is 0 Å². The zero-order valence-corrected chi connectivity index (χ0v) is 22.0. The van der Waals surface area contributed by atoms with E-state index in [4.69, 9.17) is 4.74 Å². The van der Waals surface area contributed by atoms with Gasteiger partial charge in [0.05, 0.1) is 24.9 Å². The van der Waals surface area contributed by atoms with Gasteiger partial charge in [0, 0.05) is 17.3 Å². The number of Topliss-reactive ketones (excluding diaryl/α,β-unsaturated/α-hetero) is 1. The van der Waals surface area contributed by atoms with E-state index in [0.29, 0.717) is 18.8 Å². The summed E-state index contributed by atoms with van der Waals surface area (Å²) in [6.45, 7) is 11.2. The zero-order valence-electron chi connectivity index (χ0n) is 22.0. The fraction of sp³-hybridized carbons (Fsp3) is 0.897. The molecule has 34 heavy (non-hydrogen) atoms. The molecule has 8 atom stereocenters. The number of fused-ring (bicyclic) bond motifs is 5. The summed E-state index contributed by atoms with van der Waals surface area (Å²) in [5.74, 6) is 0.707. The van der Waals surface area contributed by atoms with Crippen molar-refractivity contribution < 1.29 is 24.9 Å². The van der Waals surface area contributed by atoms with Crippen molar-refractivity contribution in [2.75, 3.05) is 13.2 Å². The van der Waals surface area contributed by atoms with Crippen molar-refractivity contribution in [1.82, 2.24) is 0 Å². The lowest BCUT2D eigenvalue weighted by Crippen LogP contribution is -2.61. The highest BCUT2D eigenvalue weighted by Gasteiger charge is 2.72. The average molecular weight is 475 g/mol. The number of carbonyl (C=O) groups is 1. The van der Waals surface area contributed by atoms with Gasteiger partial charge in [-0.15, -0.1) is 0 Å². The Kier molecular flexibility index (Phi) is 5.77. The summed E-state index contributed by atoms with van der Waals surface area (Å²) in [5, 5.41) is 31.7. The quantitative estimate of drug-likeness (QED) is 0.520. The predicted octanol–water partition coefficient (Wildman–Crippen LogP) is 4.57. The predicted molar refractivity (Wildman–Crippen MR) is 131 cm³/mol. The molecule has 0 aromatic heterocycles. The maximum atomic E-state index is 12.6. The number of hydrogen-bond donors (Lipinski definition) is 3. The van der Waals surface area contributed by atoms with Crippen LogP contribution in [0.5, 0.6) is 0 Å². The lowest BCUT2D eigenvalue weighted by atomic mass is 9.42. The number of ether oxygens (including phenoxy) is 1. The summed E-state index contributed by atoms with van der Waals surface area (Å²) in [4.78, 5) is 12.6. The largest absolute Gasteiger partial charge is 0.396 e. The second-order valence-corrected chi connectivity index (χ2v) is 13.2. The summed E-state index contributed by atoms with van der Waals surface area (Å²) < 4.78 is 6.83. The molecule has 1 spiro atoms. The summed E-state index contributed by atoms with van der Waals surface area (Å²) in [6, 6.07) is 0. The molecule has 0 bridgehead atoms. The number of aliphatic hydroxyl groups is 3. The topological polar surface area (TPSA) is 87.0 Å². The van der Waals surface area contributed by atoms with E-state index in [1.54, 1.807) is 11.1 Å². The average Bonchev–Trinajstić information content (AvgIpc) is 3.29. The molecule has 1 saturated heterocycles. The van der Waals surface area contributed by atoms with Crippen LogP contribution in [0.3, 0.4) is 0 Å². The first-order valence-electron chi connectivity index (χ1n) is 13.8. The smallest absolute Gasteiger partial charge is 0.161 e. The van der Waals surface area contributed by atoms with Crippen molar-refractivity contribution in [3.63, 3.8) is 0 Å². The van der Waals surface area contributed by atoms with Gasteiger partial charge in [-0.3, -0.25) is 4.79 Å². The van der Waals surface area contributed by atoms with Gasteiger partial charge in [-0.1, -0.05) is 45.8 Å². The Labute approximate surface area is 205 Å². The molecule has 192 valence electrons. The number of ketones is 1. The van der Waals surface area contributed by atoms with Crippen molar-refractivity contribution in [3.05, 3.63) is 11.1 Å². The standard InChI is InChI=1S/C29H46O5/c1-6-21(32)22-15-18(2)29(34-22)14-13-26(4)20-7-8-23-25(3,19(20)9-12-27(26,29)5)11-10-24(33)28(23,16-30)17-31/h18,22-24,30-31,33H,6-17H2,1-5H3/t18-,22+,23+,24+,25-,26+,27+,29+/m1/s1. The first-order valence-corrected chi connectivity index (χ1v) is 13.8. The third-order valence-electron chi connectivity index (χ3n) is 12.5. The summed E-state index contributed by atoms with van der Waals surface area (Å²) in [6.07, 6.45) is 8.07. The van der Waals surface area contributed by atoms with Crippen molar-refractivity contribution in [1.29, 1.82) is 0 Å². The van der Waals surface area contributed by atoms with Crippen LogP contribution < -0.4 is 0 Å². The summed E-state index contributed by atoms with van der Waals surface area (Å²) >= 11 is 0. The van der Waals surface area contributed by atoms with Crippen LogP contribution in [0, 0.1) is 33.5 Å². The van der Waals surface area contributed by atoms with Crippen LogP contribution in [0.25, 0.3) is 0 Å². The Morgan fingerprint density at radius 3 is 2.35 bits per heavy atom. The van der Waals surface area contributed by atoms with Gasteiger partial charge in [0.2, 0.25) is 0 Å². The Bertz CT molecular complexity index is 891. The van der Waals surface area contributed by atoms with E-state index in [-0.39, 0.29) is 52.9 Å². The minimum atomic E-state index is -0.819. The lowest BCUT2D eigenvalue weighted by molar-refractivity contribution is -0.170. The van der Waals surface area contributed by atoms with Crippen LogP contribution in [0.2, 0.25) is 0 Å². The van der Waals surface area contributed by atoms with Gasteiger partial charge in [-0.05, 0) is 80.5 Å². The number of rotatable bonds is 4. The molecule has 5 nitrogen and oxygen atoms in total. The van der Waals surface area contributed by atoms with E-state index in [1.807, 2.05) is 6.92 Å². The van der Waals surface area contributed by atoms with Crippen molar-refractivity contribution in [3.8, 4) is 0 Å². The molecule has 0 unspecified atom stereocenters. The minimum Gasteiger partial charge on any atom is -0.396 e. The lowest BCUT2D eigenvalue weighted by Gasteiger charge is -2.63. The molecule has 1 aliphatic heterocycles. The Balaban J connectivity index is 1.56. The van der Waals surface area contributed by atoms with Crippen LogP contribution in [0.4, 0.5) is 0 Å². The molecule has 3 fully saturated rings. The fourth-order valence-electron chi connectivity index (χ4n) is 10.2. The molecule has 0 radical (unpaired) electrons. The van der Waals surface area contributed by atoms with Crippen molar-refractivity contribution in [2.24, 2.45) is 33.5 Å². The second kappa shape index (κ2) is 7.87. The molecular weight excluding hydrogens is 428 g/mol. The number of carbonyl (C=O) groups excluding carboxylic acids is 1. The third-order valence-corrected chi connectivity index (χ3v) is 12.5. The molecule has 3 N–H and O–H groups in total. The highest BCUT2D eigenvalue weighted by molar-refractivity contribution is 5.83. The van der Waals surface area contributed by atoms with Crippen LogP contribution in [-0.2, 0) is 9.53 Å². The molecular formula is C29H46O5. The highest BCUT2D eigenvalue weighted by atomic mass is 16.5. The van der Waals surface area contributed by atoms with Crippen LogP contribution in [0.1, 0.15) is 98.8 Å². The first kappa shape index (κ1) is 24.9. The first-order chi connectivity index (χ1) is 16.0. The third kappa shape index (κ3) is 2.74. The normalized spacial score (nSPS) is 49.6. The Morgan fingerprint density at radius 2 is 1.71 bits per heavy atom. The maximum absolute atomic E-state index is 12.6. The van der Waals surface area contributed by atoms with Crippen molar-refractivity contribution >= 4 is 5.78 Å². The van der Waals surface area contributed by atoms with Crippen LogP contribution >= 0.6 is 0 Å². The monoisotopic (exact) mass is 474 g/mol. The van der Waals surface area contributed by atoms with E-state index in [2.05, 4.69) is 27.7 Å². The maximum Gasteiger partial charge on any atom is 0.161 e. The van der Waals surface area contributed by atoms with Crippen LogP contribution in [-0.4, -0.2) is 52.1 Å². The van der Waals surface area contributed by atoms with E-state index >= 15 is 0 Å². The number of hydrogen-bond acceptors (Lipinski definition) is 5. The van der Waals surface area contributed by atoms with Crippen LogP contribution in [0.15, 0.2) is 11.1 Å². The Hall–Kier alpha value is -0.750. The molecule has 4 aliphatic carbocycles. The zero-order chi connectivity index (χ0) is 24.7. The molecule has 0 amide bonds. The van der Waals surface area contributed by atoms with Crippen molar-refractivity contribution in [2.45, 2.75) is 117 Å². The molecule has 5 heteroatoms. The fourth-order valence-corrected chi connectivity index (χ4v) is 10.2. The highest BCUT2D eigenvalue weighted by Crippen LogP contribution is 2.75. The van der Waals surface area contributed by atoms with Gasteiger partial charge in [-0.2, -0.15) is 0 Å². The van der Waals surface area contributed by atoms with Gasteiger partial charge < -0.3 is 20.1 Å². The van der Waals surface area contributed by atoms with Gasteiger partial charge in [0.15, 0.2) is 5.78 Å². The van der Waals surface area contributed by atoms with E-state index in [1.165, 1.54) is 0 Å². The molecule has 2 saturated carbocycles. The molecule has 0 aromatic rings. The second-order valence-electron chi connectivity index (χ2n) is 13.2.